The molecule has 0 saturated heterocycles. The van der Waals surface area contributed by atoms with Crippen molar-refractivity contribution in [3.05, 3.63) is 0 Å². The molecule has 0 fully saturated rings. The van der Waals surface area contributed by atoms with E-state index in [9.17, 15) is 0 Å². The van der Waals surface area contributed by atoms with Gasteiger partial charge in [-0.2, -0.15) is 0 Å². The van der Waals surface area contributed by atoms with Crippen LogP contribution in [-0.4, -0.2) is 75.1 Å². The van der Waals surface area contributed by atoms with Crippen molar-refractivity contribution in [1.82, 2.24) is 14.7 Å². The monoisotopic (exact) mass is 313 g/mol. The van der Waals surface area contributed by atoms with Gasteiger partial charge in [0.2, 0.25) is 0 Å². The first-order valence-corrected chi connectivity index (χ1v) is 9.65. The van der Waals surface area contributed by atoms with Crippen LogP contribution in [-0.2, 0) is 0 Å². The Hall–Kier alpha value is -0.120. The lowest BCUT2D eigenvalue weighted by molar-refractivity contribution is 0.278. The summed E-state index contributed by atoms with van der Waals surface area (Å²) in [6.07, 6.45) is 10.8. The highest BCUT2D eigenvalue weighted by Gasteiger charge is 2.01. The van der Waals surface area contributed by atoms with Crippen LogP contribution in [0.1, 0.15) is 65.2 Å². The smallest absolute Gasteiger partial charge is 0.00213 e. The van der Waals surface area contributed by atoms with Crippen molar-refractivity contribution in [2.75, 3.05) is 60.4 Å². The minimum absolute atomic E-state index is 1.17. The molecule has 22 heavy (non-hydrogen) atoms. The van der Waals surface area contributed by atoms with E-state index in [4.69, 9.17) is 0 Å². The normalized spacial score (nSPS) is 12.0. The van der Waals surface area contributed by atoms with Crippen molar-refractivity contribution in [1.29, 1.82) is 0 Å². The van der Waals surface area contributed by atoms with Crippen molar-refractivity contribution in [3.63, 3.8) is 0 Å². The fraction of sp³-hybridized carbons (Fsp3) is 1.00. The second-order valence-corrected chi connectivity index (χ2v) is 6.98. The van der Waals surface area contributed by atoms with Gasteiger partial charge in [-0.1, -0.05) is 33.1 Å². The van der Waals surface area contributed by atoms with Gasteiger partial charge in [-0.05, 0) is 92.5 Å². The molecule has 0 rings (SSSR count). The van der Waals surface area contributed by atoms with Crippen LogP contribution in [0, 0.1) is 0 Å². The average Bonchev–Trinajstić information content (AvgIpc) is 2.52. The minimum atomic E-state index is 1.17. The van der Waals surface area contributed by atoms with Gasteiger partial charge in [0, 0.05) is 0 Å². The molecule has 0 aromatic heterocycles. The molecule has 0 N–H and O–H groups in total. The van der Waals surface area contributed by atoms with Crippen LogP contribution in [0.5, 0.6) is 0 Å². The molecule has 0 saturated carbocycles. The molecule has 0 aromatic rings. The third-order valence-corrected chi connectivity index (χ3v) is 4.59. The molecule has 0 amide bonds. The van der Waals surface area contributed by atoms with Gasteiger partial charge in [-0.3, -0.25) is 0 Å². The minimum Gasteiger partial charge on any atom is -0.307 e. The van der Waals surface area contributed by atoms with Gasteiger partial charge in [0.15, 0.2) is 0 Å². The first kappa shape index (κ1) is 21.9. The summed E-state index contributed by atoms with van der Waals surface area (Å²) in [5.41, 5.74) is 0. The van der Waals surface area contributed by atoms with E-state index in [-0.39, 0.29) is 0 Å². The van der Waals surface area contributed by atoms with Crippen LogP contribution >= 0.6 is 0 Å². The molecule has 0 aliphatic carbocycles. The Balaban J connectivity index is 3.35. The van der Waals surface area contributed by atoms with E-state index in [1.54, 1.807) is 0 Å². The topological polar surface area (TPSA) is 9.72 Å². The van der Waals surface area contributed by atoms with Gasteiger partial charge in [-0.15, -0.1) is 0 Å². The molecule has 0 unspecified atom stereocenters. The first-order chi connectivity index (χ1) is 10.6. The Labute approximate surface area is 141 Å². The van der Waals surface area contributed by atoms with Gasteiger partial charge in [0.05, 0.1) is 0 Å². The van der Waals surface area contributed by atoms with Crippen LogP contribution in [0.25, 0.3) is 0 Å². The predicted octanol–water partition coefficient (Wildman–Crippen LogP) is 3.94. The van der Waals surface area contributed by atoms with E-state index in [0.29, 0.717) is 0 Å². The predicted molar refractivity (Wildman–Crippen MR) is 101 cm³/mol. The van der Waals surface area contributed by atoms with Crippen LogP contribution < -0.4 is 0 Å². The molecule has 0 spiro atoms. The molecule has 3 heteroatoms. The second kappa shape index (κ2) is 15.8. The second-order valence-electron chi connectivity index (χ2n) is 6.98. The summed E-state index contributed by atoms with van der Waals surface area (Å²) in [6.45, 7) is 12.0. The van der Waals surface area contributed by atoms with Crippen molar-refractivity contribution in [2.45, 2.75) is 65.2 Å². The summed E-state index contributed by atoms with van der Waals surface area (Å²) in [6, 6.07) is 0. The van der Waals surface area contributed by atoms with E-state index < -0.39 is 0 Å². The first-order valence-electron chi connectivity index (χ1n) is 9.65. The number of rotatable bonds is 16. The fourth-order valence-electron chi connectivity index (χ4n) is 2.72. The van der Waals surface area contributed by atoms with E-state index in [0.717, 1.165) is 0 Å². The molecule has 0 aliphatic rings. The highest BCUT2D eigenvalue weighted by molar-refractivity contribution is 4.57. The van der Waals surface area contributed by atoms with Crippen molar-refractivity contribution < 1.29 is 0 Å². The van der Waals surface area contributed by atoms with Crippen LogP contribution in [0.15, 0.2) is 0 Å². The quantitative estimate of drug-likeness (QED) is 0.400. The number of nitrogens with zero attached hydrogens (tertiary/aromatic N) is 3. The zero-order chi connectivity index (χ0) is 16.6. The van der Waals surface area contributed by atoms with E-state index in [1.807, 2.05) is 0 Å². The van der Waals surface area contributed by atoms with Crippen molar-refractivity contribution in [3.8, 4) is 0 Å². The Kier molecular flexibility index (Phi) is 15.7. The maximum atomic E-state index is 2.51. The molecular weight excluding hydrogens is 270 g/mol. The maximum Gasteiger partial charge on any atom is -0.00213 e. The third kappa shape index (κ3) is 14.8. The van der Waals surface area contributed by atoms with Gasteiger partial charge < -0.3 is 14.7 Å². The van der Waals surface area contributed by atoms with Crippen LogP contribution in [0.3, 0.4) is 0 Å². The molecule has 0 aromatic carbocycles. The van der Waals surface area contributed by atoms with Gasteiger partial charge in [0.1, 0.15) is 0 Å². The Morgan fingerprint density at radius 3 is 1.18 bits per heavy atom. The molecule has 0 heterocycles. The van der Waals surface area contributed by atoms with E-state index >= 15 is 0 Å². The lowest BCUT2D eigenvalue weighted by Crippen LogP contribution is -2.25. The Morgan fingerprint density at radius 2 is 0.818 bits per heavy atom. The van der Waals surface area contributed by atoms with Gasteiger partial charge >= 0.3 is 0 Å². The molecule has 0 bridgehead atoms. The van der Waals surface area contributed by atoms with Gasteiger partial charge in [0.25, 0.3) is 0 Å². The number of hydrogen-bond acceptors (Lipinski definition) is 3. The molecular formula is C19H43N3. The molecule has 0 aliphatic heterocycles. The van der Waals surface area contributed by atoms with Crippen molar-refractivity contribution >= 4 is 0 Å². The summed E-state index contributed by atoms with van der Waals surface area (Å²) >= 11 is 0. The summed E-state index contributed by atoms with van der Waals surface area (Å²) in [5.74, 6) is 0. The zero-order valence-electron chi connectivity index (χ0n) is 16.2. The number of unbranched alkanes of at least 4 members (excludes halogenated alkanes) is 5. The average molecular weight is 314 g/mol. The summed E-state index contributed by atoms with van der Waals surface area (Å²) in [5, 5.41) is 0. The van der Waals surface area contributed by atoms with Gasteiger partial charge in [-0.25, -0.2) is 0 Å². The van der Waals surface area contributed by atoms with Crippen molar-refractivity contribution in [2.24, 2.45) is 0 Å². The molecule has 0 atom stereocenters. The highest BCUT2D eigenvalue weighted by Crippen LogP contribution is 2.02. The molecule has 0 radical (unpaired) electrons. The maximum absolute atomic E-state index is 2.51. The van der Waals surface area contributed by atoms with E-state index in [1.165, 1.54) is 90.6 Å². The summed E-state index contributed by atoms with van der Waals surface area (Å²) in [7, 11) is 6.76. The van der Waals surface area contributed by atoms with Crippen LogP contribution in [0.4, 0.5) is 0 Å². The Bertz CT molecular complexity index is 221. The van der Waals surface area contributed by atoms with Crippen LogP contribution in [0.2, 0.25) is 0 Å². The lowest BCUT2D eigenvalue weighted by atomic mass is 10.2. The Morgan fingerprint density at radius 1 is 0.455 bits per heavy atom. The highest BCUT2D eigenvalue weighted by atomic mass is 15.1. The standard InChI is InChI=1S/C19H43N3/c1-6-8-9-10-16-21(4)18-13-14-19-22(5)17-12-11-15-20(3)7-2/h6-19H2,1-5H3. The summed E-state index contributed by atoms with van der Waals surface area (Å²) in [4.78, 5) is 7.42. The third-order valence-electron chi connectivity index (χ3n) is 4.59. The molecule has 134 valence electrons. The van der Waals surface area contributed by atoms with E-state index in [2.05, 4.69) is 49.7 Å². The fourth-order valence-corrected chi connectivity index (χ4v) is 2.72. The SMILES string of the molecule is CCCCCCN(C)CCCCN(C)CCCCN(C)CC. The molecule has 3 nitrogen and oxygen atoms in total. The zero-order valence-corrected chi connectivity index (χ0v) is 16.2. The largest absolute Gasteiger partial charge is 0.307 e. The summed E-state index contributed by atoms with van der Waals surface area (Å²) < 4.78 is 0. The number of hydrogen-bond donors (Lipinski definition) is 0. The lowest BCUT2D eigenvalue weighted by Gasteiger charge is -2.20.